The second-order valence-electron chi connectivity index (χ2n) is 7.51. The number of hydrogen-bond donors (Lipinski definition) is 2. The molecule has 0 bridgehead atoms. The molecule has 0 unspecified atom stereocenters. The van der Waals surface area contributed by atoms with Crippen molar-refractivity contribution < 1.29 is 13.2 Å². The van der Waals surface area contributed by atoms with Crippen molar-refractivity contribution in [1.29, 1.82) is 0 Å². The van der Waals surface area contributed by atoms with Crippen molar-refractivity contribution in [3.8, 4) is 0 Å². The van der Waals surface area contributed by atoms with Gasteiger partial charge in [0.15, 0.2) is 15.7 Å². The molecule has 2 aliphatic rings. The van der Waals surface area contributed by atoms with E-state index in [0.717, 1.165) is 23.6 Å². The number of pyridine rings is 1. The number of hydrogen-bond acceptors (Lipinski definition) is 7. The number of nitrogens with one attached hydrogen (secondary N) is 2. The molecule has 0 spiro atoms. The van der Waals surface area contributed by atoms with Crippen molar-refractivity contribution in [2.75, 3.05) is 36.2 Å². The average Bonchev–Trinajstić information content (AvgIpc) is 3.33. The van der Waals surface area contributed by atoms with Crippen LogP contribution >= 0.6 is 0 Å². The number of aryl methyl sites for hydroxylation is 1. The van der Waals surface area contributed by atoms with E-state index in [4.69, 9.17) is 9.72 Å². The summed E-state index contributed by atoms with van der Waals surface area (Å²) in [6.45, 7) is 6.07. The van der Waals surface area contributed by atoms with Crippen molar-refractivity contribution in [1.82, 2.24) is 15.2 Å². The molecule has 9 heteroatoms. The van der Waals surface area contributed by atoms with Crippen LogP contribution in [0.1, 0.15) is 31.0 Å². The van der Waals surface area contributed by atoms with Gasteiger partial charge in [-0.15, -0.1) is 0 Å². The summed E-state index contributed by atoms with van der Waals surface area (Å²) in [5, 5.41) is 10.3. The lowest BCUT2D eigenvalue weighted by atomic mass is 10.1. The molecule has 3 heterocycles. The molecule has 2 N–H and O–H groups in total. The van der Waals surface area contributed by atoms with Gasteiger partial charge in [0.05, 0.1) is 19.3 Å². The second kappa shape index (κ2) is 6.49. The standard InChI is InChI=1S/C18H25N5O3S/c1-12-10-15(22-21-12)19-17-14(18(6-7-18)27(3,24)25)4-5-16(20-17)23-8-9-26-11-13(23)2/h4-5,10,13H,6-9,11H2,1-3H3,(H2,19,20,21,22)/t13-/m1/s1. The van der Waals surface area contributed by atoms with Crippen LogP contribution in [-0.2, 0) is 19.3 Å². The van der Waals surface area contributed by atoms with Crippen molar-refractivity contribution in [3.05, 3.63) is 29.5 Å². The van der Waals surface area contributed by atoms with E-state index in [1.54, 1.807) is 0 Å². The molecule has 146 valence electrons. The van der Waals surface area contributed by atoms with Crippen molar-refractivity contribution in [3.63, 3.8) is 0 Å². The van der Waals surface area contributed by atoms with Crippen molar-refractivity contribution >= 4 is 27.3 Å². The summed E-state index contributed by atoms with van der Waals surface area (Å²) in [6.07, 6.45) is 2.55. The number of rotatable bonds is 5. The summed E-state index contributed by atoms with van der Waals surface area (Å²) in [7, 11) is -3.24. The Balaban J connectivity index is 1.77. The summed E-state index contributed by atoms with van der Waals surface area (Å²) >= 11 is 0. The number of morpholine rings is 1. The molecule has 2 aromatic rings. The maximum Gasteiger partial charge on any atom is 0.157 e. The maximum atomic E-state index is 12.5. The Labute approximate surface area is 159 Å². The highest BCUT2D eigenvalue weighted by molar-refractivity contribution is 7.92. The van der Waals surface area contributed by atoms with Gasteiger partial charge in [-0.2, -0.15) is 5.10 Å². The predicted molar refractivity (Wildman–Crippen MR) is 104 cm³/mol. The van der Waals surface area contributed by atoms with E-state index >= 15 is 0 Å². The zero-order valence-electron chi connectivity index (χ0n) is 15.8. The third-order valence-corrected chi connectivity index (χ3v) is 7.45. The largest absolute Gasteiger partial charge is 0.377 e. The monoisotopic (exact) mass is 391 g/mol. The van der Waals surface area contributed by atoms with Crippen LogP contribution in [0.15, 0.2) is 18.2 Å². The lowest BCUT2D eigenvalue weighted by Gasteiger charge is -2.34. The van der Waals surface area contributed by atoms with E-state index in [2.05, 4.69) is 27.3 Å². The molecule has 4 rings (SSSR count). The van der Waals surface area contributed by atoms with Gasteiger partial charge in [0, 0.05) is 30.1 Å². The predicted octanol–water partition coefficient (Wildman–Crippen LogP) is 2.12. The van der Waals surface area contributed by atoms with Crippen LogP contribution in [0.2, 0.25) is 0 Å². The minimum atomic E-state index is -3.24. The topological polar surface area (TPSA) is 100 Å². The molecule has 1 aliphatic carbocycles. The molecule has 1 saturated heterocycles. The van der Waals surface area contributed by atoms with Crippen molar-refractivity contribution in [2.45, 2.75) is 37.5 Å². The molecule has 8 nitrogen and oxygen atoms in total. The molecule has 2 aromatic heterocycles. The number of H-pyrrole nitrogens is 1. The first-order valence-corrected chi connectivity index (χ1v) is 11.0. The maximum absolute atomic E-state index is 12.5. The van der Waals surface area contributed by atoms with Gasteiger partial charge in [0.25, 0.3) is 0 Å². The van der Waals surface area contributed by atoms with Crippen molar-refractivity contribution in [2.24, 2.45) is 0 Å². The first-order chi connectivity index (χ1) is 12.8. The van der Waals surface area contributed by atoms with E-state index in [0.29, 0.717) is 37.7 Å². The smallest absolute Gasteiger partial charge is 0.157 e. The van der Waals surface area contributed by atoms with Crippen LogP contribution < -0.4 is 10.2 Å². The lowest BCUT2D eigenvalue weighted by Crippen LogP contribution is -2.44. The van der Waals surface area contributed by atoms with Gasteiger partial charge in [-0.1, -0.05) is 6.07 Å². The lowest BCUT2D eigenvalue weighted by molar-refractivity contribution is 0.0985. The van der Waals surface area contributed by atoms with Gasteiger partial charge in [-0.3, -0.25) is 5.10 Å². The van der Waals surface area contributed by atoms with Crippen LogP contribution in [0.5, 0.6) is 0 Å². The van der Waals surface area contributed by atoms with Crippen LogP contribution in [0.4, 0.5) is 17.5 Å². The van der Waals surface area contributed by atoms with E-state index in [-0.39, 0.29) is 6.04 Å². The summed E-state index contributed by atoms with van der Waals surface area (Å²) in [5.74, 6) is 1.99. The van der Waals surface area contributed by atoms with E-state index in [1.807, 2.05) is 25.1 Å². The van der Waals surface area contributed by atoms with E-state index in [1.165, 1.54) is 6.26 Å². The number of nitrogens with zero attached hydrogens (tertiary/aromatic N) is 3. The van der Waals surface area contributed by atoms with Gasteiger partial charge >= 0.3 is 0 Å². The SMILES string of the molecule is Cc1cc(Nc2nc(N3CCOC[C@H]3C)ccc2C2(S(C)(=O)=O)CC2)n[nH]1. The first-order valence-electron chi connectivity index (χ1n) is 9.15. The molecule has 0 amide bonds. The van der Waals surface area contributed by atoms with Gasteiger partial charge in [-0.25, -0.2) is 13.4 Å². The van der Waals surface area contributed by atoms with Gasteiger partial charge in [-0.05, 0) is 32.8 Å². The third kappa shape index (κ3) is 3.29. The summed E-state index contributed by atoms with van der Waals surface area (Å²) in [4.78, 5) is 7.00. The zero-order chi connectivity index (χ0) is 19.2. The Morgan fingerprint density at radius 1 is 1.37 bits per heavy atom. The normalized spacial score (nSPS) is 21.9. The Hall–Kier alpha value is -2.13. The minimum Gasteiger partial charge on any atom is -0.377 e. The molecule has 1 saturated carbocycles. The van der Waals surface area contributed by atoms with Crippen LogP contribution in [-0.4, -0.2) is 55.7 Å². The Bertz CT molecular complexity index is 952. The molecular formula is C18H25N5O3S. The fourth-order valence-electron chi connectivity index (χ4n) is 3.70. The fourth-order valence-corrected chi connectivity index (χ4v) is 5.10. The zero-order valence-corrected chi connectivity index (χ0v) is 16.6. The van der Waals surface area contributed by atoms with Gasteiger partial charge in [0.2, 0.25) is 0 Å². The Morgan fingerprint density at radius 2 is 2.15 bits per heavy atom. The molecule has 2 fully saturated rings. The molecule has 0 radical (unpaired) electrons. The Kier molecular flexibility index (Phi) is 4.38. The van der Waals surface area contributed by atoms with Crippen LogP contribution in [0.25, 0.3) is 0 Å². The van der Waals surface area contributed by atoms with E-state index in [9.17, 15) is 8.42 Å². The van der Waals surface area contributed by atoms with Gasteiger partial charge in [0.1, 0.15) is 16.4 Å². The minimum absolute atomic E-state index is 0.211. The fraction of sp³-hybridized carbons (Fsp3) is 0.556. The molecule has 0 aromatic carbocycles. The molecule has 1 aliphatic heterocycles. The number of aromatic nitrogens is 3. The highest BCUT2D eigenvalue weighted by Gasteiger charge is 2.55. The van der Waals surface area contributed by atoms with Gasteiger partial charge < -0.3 is 15.0 Å². The quantitative estimate of drug-likeness (QED) is 0.805. The highest BCUT2D eigenvalue weighted by atomic mass is 32.2. The first kappa shape index (κ1) is 18.2. The molecule has 27 heavy (non-hydrogen) atoms. The van der Waals surface area contributed by atoms with Crippen LogP contribution in [0.3, 0.4) is 0 Å². The molecular weight excluding hydrogens is 366 g/mol. The number of ether oxygens (including phenoxy) is 1. The van der Waals surface area contributed by atoms with Crippen LogP contribution in [0, 0.1) is 6.92 Å². The second-order valence-corrected chi connectivity index (χ2v) is 9.84. The third-order valence-electron chi connectivity index (χ3n) is 5.40. The average molecular weight is 391 g/mol. The number of aromatic amines is 1. The Morgan fingerprint density at radius 3 is 2.74 bits per heavy atom. The summed E-state index contributed by atoms with van der Waals surface area (Å²) in [6, 6.07) is 5.90. The summed E-state index contributed by atoms with van der Waals surface area (Å²) < 4.78 is 29.6. The summed E-state index contributed by atoms with van der Waals surface area (Å²) in [5.41, 5.74) is 1.64. The van der Waals surface area contributed by atoms with E-state index < -0.39 is 14.6 Å². The molecule has 1 atom stereocenters. The number of sulfone groups is 1. The number of anilines is 3. The highest BCUT2D eigenvalue weighted by Crippen LogP contribution is 2.54.